The van der Waals surface area contributed by atoms with Gasteiger partial charge in [0, 0.05) is 13.1 Å². The van der Waals surface area contributed by atoms with Gasteiger partial charge in [-0.2, -0.15) is 4.37 Å². The lowest BCUT2D eigenvalue weighted by Gasteiger charge is -2.32. The van der Waals surface area contributed by atoms with E-state index in [1.807, 2.05) is 0 Å². The third kappa shape index (κ3) is 2.90. The number of nitrogens with two attached hydrogens (primary N) is 1. The first-order valence-corrected chi connectivity index (χ1v) is 10.1. The summed E-state index contributed by atoms with van der Waals surface area (Å²) in [6.45, 7) is 4.05. The monoisotopic (exact) mass is 329 g/mol. The van der Waals surface area contributed by atoms with Gasteiger partial charge in [-0.25, -0.2) is 8.42 Å². The van der Waals surface area contributed by atoms with Crippen molar-refractivity contribution in [1.29, 1.82) is 0 Å². The van der Waals surface area contributed by atoms with Gasteiger partial charge in [0.15, 0.2) is 15.7 Å². The fourth-order valence-electron chi connectivity index (χ4n) is 3.13. The molecular formula is C14H23N3O2S2. The Kier molecular flexibility index (Phi) is 4.14. The molecule has 1 aliphatic heterocycles. The summed E-state index contributed by atoms with van der Waals surface area (Å²) in [6.07, 6.45) is 6.28. The number of nitrogen functional groups attached to an aromatic ring is 1. The first kappa shape index (κ1) is 15.1. The second-order valence-corrected chi connectivity index (χ2v) is 9.08. The predicted molar refractivity (Wildman–Crippen MR) is 86.6 cm³/mol. The molecule has 0 atom stereocenters. The van der Waals surface area contributed by atoms with Crippen LogP contribution in [0.5, 0.6) is 0 Å². The molecule has 118 valence electrons. The summed E-state index contributed by atoms with van der Waals surface area (Å²) >= 11 is 1.24. The van der Waals surface area contributed by atoms with Gasteiger partial charge in [0.05, 0.1) is 5.25 Å². The largest absolute Gasteiger partial charge is 0.382 e. The van der Waals surface area contributed by atoms with Gasteiger partial charge in [-0.15, -0.1) is 0 Å². The van der Waals surface area contributed by atoms with E-state index in [0.717, 1.165) is 49.7 Å². The summed E-state index contributed by atoms with van der Waals surface area (Å²) in [4.78, 5) is 2.49. The molecule has 0 aromatic carbocycles. The molecule has 1 aliphatic carbocycles. The molecule has 1 aromatic rings. The number of piperidine rings is 1. The van der Waals surface area contributed by atoms with E-state index in [0.29, 0.717) is 4.90 Å². The van der Waals surface area contributed by atoms with Crippen LogP contribution in [0.4, 0.5) is 10.8 Å². The molecule has 0 unspecified atom stereocenters. The Balaban J connectivity index is 1.81. The predicted octanol–water partition coefficient (Wildman–Crippen LogP) is 2.68. The average Bonchev–Trinajstić information content (AvgIpc) is 3.24. The van der Waals surface area contributed by atoms with E-state index in [-0.39, 0.29) is 11.1 Å². The number of nitrogens with zero attached hydrogens (tertiary/aromatic N) is 2. The minimum Gasteiger partial charge on any atom is -0.382 e. The number of sulfone groups is 1. The van der Waals surface area contributed by atoms with E-state index >= 15 is 0 Å². The van der Waals surface area contributed by atoms with Crippen molar-refractivity contribution in [2.24, 2.45) is 5.92 Å². The molecule has 0 radical (unpaired) electrons. The maximum Gasteiger partial charge on any atom is 0.187 e. The molecule has 2 fully saturated rings. The highest BCUT2D eigenvalue weighted by molar-refractivity contribution is 7.92. The van der Waals surface area contributed by atoms with Gasteiger partial charge in [0.1, 0.15) is 9.90 Å². The van der Waals surface area contributed by atoms with Crippen molar-refractivity contribution in [3.05, 3.63) is 0 Å². The van der Waals surface area contributed by atoms with E-state index < -0.39 is 9.84 Å². The number of hydrogen-bond acceptors (Lipinski definition) is 6. The molecule has 1 saturated carbocycles. The highest BCUT2D eigenvalue weighted by atomic mass is 32.2. The smallest absolute Gasteiger partial charge is 0.187 e. The lowest BCUT2D eigenvalue weighted by molar-refractivity contribution is 0.378. The van der Waals surface area contributed by atoms with E-state index in [1.165, 1.54) is 24.4 Å². The van der Waals surface area contributed by atoms with Gasteiger partial charge >= 0.3 is 0 Å². The maximum atomic E-state index is 12.6. The Morgan fingerprint density at radius 1 is 1.29 bits per heavy atom. The van der Waals surface area contributed by atoms with Gasteiger partial charge in [-0.05, 0) is 43.1 Å². The maximum absolute atomic E-state index is 12.6. The number of hydrogen-bond donors (Lipinski definition) is 1. The summed E-state index contributed by atoms with van der Waals surface area (Å²) in [7, 11) is -3.28. The normalized spacial score (nSPS) is 20.9. The molecule has 0 amide bonds. The number of rotatable bonds is 5. The second kappa shape index (κ2) is 5.76. The highest BCUT2D eigenvalue weighted by Gasteiger charge is 2.41. The zero-order valence-corrected chi connectivity index (χ0v) is 14.0. The molecule has 1 saturated heterocycles. The van der Waals surface area contributed by atoms with E-state index in [4.69, 9.17) is 5.73 Å². The van der Waals surface area contributed by atoms with E-state index in [1.54, 1.807) is 0 Å². The van der Waals surface area contributed by atoms with Crippen LogP contribution in [0.25, 0.3) is 0 Å². The number of anilines is 2. The van der Waals surface area contributed by atoms with Crippen LogP contribution >= 0.6 is 11.5 Å². The van der Waals surface area contributed by atoms with Crippen LogP contribution in [-0.4, -0.2) is 31.1 Å². The molecule has 7 heteroatoms. The minimum absolute atomic E-state index is 0.192. The SMILES string of the molecule is CCCC1CCN(c2snc(N)c2S(=O)(=O)C2CC2)CC1. The zero-order valence-electron chi connectivity index (χ0n) is 12.4. The first-order chi connectivity index (χ1) is 10.0. The van der Waals surface area contributed by atoms with Gasteiger partial charge in [-0.3, -0.25) is 0 Å². The van der Waals surface area contributed by atoms with Crippen LogP contribution < -0.4 is 10.6 Å². The molecule has 2 aliphatic rings. The van der Waals surface area contributed by atoms with Gasteiger partial charge < -0.3 is 10.6 Å². The van der Waals surface area contributed by atoms with Crippen LogP contribution in [0.2, 0.25) is 0 Å². The Hall–Kier alpha value is -0.820. The Morgan fingerprint density at radius 3 is 2.52 bits per heavy atom. The standard InChI is InChI=1S/C14H23N3O2S2/c1-2-3-10-6-8-17(9-7-10)14-12(13(15)16-20-14)21(18,19)11-4-5-11/h10-11H,2-9H2,1H3,(H2,15,16). The molecule has 1 aromatic heterocycles. The Morgan fingerprint density at radius 2 is 1.95 bits per heavy atom. The summed E-state index contributed by atoms with van der Waals surface area (Å²) in [5, 5.41) is 0.543. The van der Waals surface area contributed by atoms with Gasteiger partial charge in [0.2, 0.25) is 0 Å². The summed E-state index contributed by atoms with van der Waals surface area (Å²) < 4.78 is 29.3. The Labute approximate surface area is 130 Å². The molecule has 2 heterocycles. The molecule has 0 bridgehead atoms. The minimum atomic E-state index is -3.28. The zero-order chi connectivity index (χ0) is 15.0. The first-order valence-electron chi connectivity index (χ1n) is 7.78. The Bertz CT molecular complexity index is 600. The third-order valence-corrected chi connectivity index (χ3v) is 7.88. The third-order valence-electron chi connectivity index (χ3n) is 4.50. The van der Waals surface area contributed by atoms with E-state index in [2.05, 4.69) is 16.2 Å². The van der Waals surface area contributed by atoms with Crippen molar-refractivity contribution in [3.8, 4) is 0 Å². The molecular weight excluding hydrogens is 306 g/mol. The van der Waals surface area contributed by atoms with Crippen molar-refractivity contribution in [2.45, 2.75) is 55.6 Å². The summed E-state index contributed by atoms with van der Waals surface area (Å²) in [5.41, 5.74) is 5.87. The summed E-state index contributed by atoms with van der Waals surface area (Å²) in [5.74, 6) is 0.970. The van der Waals surface area contributed by atoms with Crippen LogP contribution in [0, 0.1) is 5.92 Å². The molecule has 3 rings (SSSR count). The van der Waals surface area contributed by atoms with Crippen molar-refractivity contribution in [3.63, 3.8) is 0 Å². The van der Waals surface area contributed by atoms with Crippen LogP contribution in [-0.2, 0) is 9.84 Å². The fraction of sp³-hybridized carbons (Fsp3) is 0.786. The average molecular weight is 329 g/mol. The summed E-state index contributed by atoms with van der Waals surface area (Å²) in [6, 6.07) is 0. The fourth-order valence-corrected chi connectivity index (χ4v) is 6.21. The lowest BCUT2D eigenvalue weighted by Crippen LogP contribution is -2.34. The molecule has 5 nitrogen and oxygen atoms in total. The van der Waals surface area contributed by atoms with Crippen LogP contribution in [0.3, 0.4) is 0 Å². The van der Waals surface area contributed by atoms with Crippen molar-refractivity contribution in [2.75, 3.05) is 23.7 Å². The van der Waals surface area contributed by atoms with E-state index in [9.17, 15) is 8.42 Å². The van der Waals surface area contributed by atoms with Crippen LogP contribution in [0.1, 0.15) is 45.4 Å². The van der Waals surface area contributed by atoms with Gasteiger partial charge in [0.25, 0.3) is 0 Å². The van der Waals surface area contributed by atoms with Crippen molar-refractivity contribution in [1.82, 2.24) is 4.37 Å². The topological polar surface area (TPSA) is 76.3 Å². The van der Waals surface area contributed by atoms with Crippen molar-refractivity contribution < 1.29 is 8.42 Å². The number of aromatic nitrogens is 1. The second-order valence-electron chi connectivity index (χ2n) is 6.17. The molecule has 0 spiro atoms. The molecule has 2 N–H and O–H groups in total. The highest BCUT2D eigenvalue weighted by Crippen LogP contribution is 2.43. The quantitative estimate of drug-likeness (QED) is 0.899. The lowest BCUT2D eigenvalue weighted by atomic mass is 9.93. The van der Waals surface area contributed by atoms with Gasteiger partial charge in [-0.1, -0.05) is 19.8 Å². The molecule has 21 heavy (non-hydrogen) atoms. The van der Waals surface area contributed by atoms with Crippen molar-refractivity contribution >= 4 is 32.2 Å². The van der Waals surface area contributed by atoms with Crippen LogP contribution in [0.15, 0.2) is 4.90 Å².